The van der Waals surface area contributed by atoms with Crippen LogP contribution in [0.4, 0.5) is 0 Å². The summed E-state index contributed by atoms with van der Waals surface area (Å²) in [5.41, 5.74) is 0. The van der Waals surface area contributed by atoms with Crippen LogP contribution in [-0.4, -0.2) is 87.5 Å². The van der Waals surface area contributed by atoms with Crippen LogP contribution >= 0.6 is 0 Å². The molecule has 0 aliphatic carbocycles. The van der Waals surface area contributed by atoms with Gasteiger partial charge in [-0.2, -0.15) is 0 Å². The Morgan fingerprint density at radius 3 is 1.23 bits per heavy atom. The van der Waals surface area contributed by atoms with Gasteiger partial charge in [-0.15, -0.1) is 0 Å². The van der Waals surface area contributed by atoms with E-state index in [1.54, 1.807) is 0 Å². The van der Waals surface area contributed by atoms with Gasteiger partial charge in [-0.25, -0.2) is 0 Å². The van der Waals surface area contributed by atoms with E-state index in [1.165, 1.54) is 212 Å². The Hall–Kier alpha value is -1.59. The van der Waals surface area contributed by atoms with E-state index in [0.29, 0.717) is 12.8 Å². The number of nitrogens with one attached hydrogen (secondary N) is 1. The molecule has 7 atom stereocenters. The number of unbranched alkanes of at least 4 members (excludes halogenated alkanes) is 37. The number of allylic oxidation sites excluding steroid dienone is 6. The van der Waals surface area contributed by atoms with E-state index in [4.69, 9.17) is 9.47 Å². The molecule has 7 unspecified atom stereocenters. The molecule has 0 bridgehead atoms. The third-order valence-corrected chi connectivity index (χ3v) is 14.7. The van der Waals surface area contributed by atoms with Crippen molar-refractivity contribution in [2.45, 2.75) is 339 Å². The first-order chi connectivity index (χ1) is 34.8. The number of rotatable bonds is 53. The minimum Gasteiger partial charge on any atom is -0.394 e. The molecule has 9 heteroatoms. The Labute approximate surface area is 438 Å². The maximum Gasteiger partial charge on any atom is 0.220 e. The van der Waals surface area contributed by atoms with E-state index < -0.39 is 49.5 Å². The van der Waals surface area contributed by atoms with E-state index in [9.17, 15) is 30.3 Å². The lowest BCUT2D eigenvalue weighted by molar-refractivity contribution is -0.302. The smallest absolute Gasteiger partial charge is 0.220 e. The number of hydrogen-bond acceptors (Lipinski definition) is 8. The van der Waals surface area contributed by atoms with Crippen LogP contribution in [0, 0.1) is 0 Å². The van der Waals surface area contributed by atoms with Crippen molar-refractivity contribution < 1.29 is 39.8 Å². The molecule has 0 aromatic carbocycles. The molecule has 0 spiro atoms. The summed E-state index contributed by atoms with van der Waals surface area (Å²) in [4.78, 5) is 13.1. The van der Waals surface area contributed by atoms with E-state index >= 15 is 0 Å². The molecule has 1 amide bonds. The molecule has 1 rings (SSSR count). The van der Waals surface area contributed by atoms with Crippen LogP contribution in [0.2, 0.25) is 0 Å². The van der Waals surface area contributed by atoms with Gasteiger partial charge in [0.25, 0.3) is 0 Å². The Kier molecular flexibility index (Phi) is 49.3. The normalized spacial score (nSPS) is 19.5. The average molecular weight is 1000 g/mol. The fraction of sp³-hybridized carbons (Fsp3) is 0.887. The van der Waals surface area contributed by atoms with Gasteiger partial charge in [-0.05, 0) is 51.4 Å². The molecule has 0 saturated carbocycles. The summed E-state index contributed by atoms with van der Waals surface area (Å²) in [6.07, 6.45) is 60.3. The molecule has 0 aromatic rings. The van der Waals surface area contributed by atoms with Crippen LogP contribution in [0.15, 0.2) is 36.5 Å². The SMILES string of the molecule is CCCCCCC/C=C\C/C=C\C/C=C\CCCCCCCCCCC(=O)NC(COC1OC(CO)C(O)C(O)C1O)C(O)CCCCCCCCCCCCCCCCCCCCCCCCCCC. The number of carbonyl (C=O) groups is 1. The Morgan fingerprint density at radius 1 is 0.479 bits per heavy atom. The highest BCUT2D eigenvalue weighted by atomic mass is 16.7. The van der Waals surface area contributed by atoms with Gasteiger partial charge >= 0.3 is 0 Å². The monoisotopic (exact) mass is 1000 g/mol. The lowest BCUT2D eigenvalue weighted by Gasteiger charge is -2.40. The van der Waals surface area contributed by atoms with Crippen molar-refractivity contribution >= 4 is 5.91 Å². The molecule has 9 nitrogen and oxygen atoms in total. The van der Waals surface area contributed by atoms with Gasteiger partial charge in [-0.1, -0.05) is 275 Å². The maximum absolute atomic E-state index is 13.1. The summed E-state index contributed by atoms with van der Waals surface area (Å²) in [6.45, 7) is 3.86. The quantitative estimate of drug-likeness (QED) is 0.0261. The zero-order valence-electron chi connectivity index (χ0n) is 46.5. The Morgan fingerprint density at radius 2 is 0.831 bits per heavy atom. The number of amides is 1. The maximum atomic E-state index is 13.1. The molecule has 418 valence electrons. The summed E-state index contributed by atoms with van der Waals surface area (Å²) in [7, 11) is 0. The fourth-order valence-electron chi connectivity index (χ4n) is 9.88. The predicted molar refractivity (Wildman–Crippen MR) is 300 cm³/mol. The summed E-state index contributed by atoms with van der Waals surface area (Å²) in [5, 5.41) is 54.8. The number of aliphatic hydroxyl groups is 5. The summed E-state index contributed by atoms with van der Waals surface area (Å²) in [6, 6.07) is -0.725. The lowest BCUT2D eigenvalue weighted by atomic mass is 9.99. The molecule has 1 heterocycles. The largest absolute Gasteiger partial charge is 0.394 e. The molecular weight excluding hydrogens is 887 g/mol. The van der Waals surface area contributed by atoms with Gasteiger partial charge in [0.2, 0.25) is 5.91 Å². The summed E-state index contributed by atoms with van der Waals surface area (Å²) in [5.74, 6) is -0.148. The van der Waals surface area contributed by atoms with Crippen LogP contribution in [0.3, 0.4) is 0 Å². The van der Waals surface area contributed by atoms with Crippen LogP contribution in [0.5, 0.6) is 0 Å². The highest BCUT2D eigenvalue weighted by Gasteiger charge is 2.44. The van der Waals surface area contributed by atoms with Gasteiger partial charge in [0.1, 0.15) is 24.4 Å². The third kappa shape index (κ3) is 41.4. The highest BCUT2D eigenvalue weighted by Crippen LogP contribution is 2.23. The molecule has 1 fully saturated rings. The van der Waals surface area contributed by atoms with E-state index in [1.807, 2.05) is 0 Å². The second kappa shape index (κ2) is 51.9. The molecule has 6 N–H and O–H groups in total. The van der Waals surface area contributed by atoms with Crippen molar-refractivity contribution in [1.82, 2.24) is 5.32 Å². The molecule has 1 saturated heterocycles. The zero-order valence-corrected chi connectivity index (χ0v) is 46.5. The van der Waals surface area contributed by atoms with E-state index in [0.717, 1.165) is 57.8 Å². The van der Waals surface area contributed by atoms with Crippen molar-refractivity contribution in [2.75, 3.05) is 13.2 Å². The van der Waals surface area contributed by atoms with Crippen molar-refractivity contribution in [1.29, 1.82) is 0 Å². The average Bonchev–Trinajstić information content (AvgIpc) is 3.37. The number of carbonyl (C=O) groups excluding carboxylic acids is 1. The second-order valence-corrected chi connectivity index (χ2v) is 21.5. The Bertz CT molecular complexity index is 1210. The standard InChI is InChI=1S/C62H117NO8/c1-3-5-7-9-11-13-15-17-19-21-23-25-27-28-30-31-33-35-37-39-41-43-45-47-49-51-56(65)55(54-70-62-61(69)60(68)59(67)57(53-64)71-62)63-58(66)52-50-48-46-44-42-40-38-36-34-32-29-26-24-22-20-18-16-14-12-10-8-6-4-2/h16,18,22,24,29,32,55-57,59-62,64-65,67-69H,3-15,17,19-21,23,25-28,30-31,33-54H2,1-2H3,(H,63,66)/b18-16-,24-22-,32-29-. The fourth-order valence-corrected chi connectivity index (χ4v) is 9.88. The van der Waals surface area contributed by atoms with E-state index in [-0.39, 0.29) is 12.5 Å². The van der Waals surface area contributed by atoms with Crippen molar-refractivity contribution in [2.24, 2.45) is 0 Å². The molecule has 71 heavy (non-hydrogen) atoms. The van der Waals surface area contributed by atoms with Crippen LogP contribution in [0.1, 0.15) is 296 Å². The van der Waals surface area contributed by atoms with Gasteiger partial charge in [0, 0.05) is 6.42 Å². The van der Waals surface area contributed by atoms with Gasteiger partial charge < -0.3 is 40.3 Å². The van der Waals surface area contributed by atoms with Gasteiger partial charge in [0.05, 0.1) is 25.4 Å². The van der Waals surface area contributed by atoms with Crippen LogP contribution in [-0.2, 0) is 14.3 Å². The van der Waals surface area contributed by atoms with Gasteiger partial charge in [-0.3, -0.25) is 4.79 Å². The molecule has 0 aromatic heterocycles. The van der Waals surface area contributed by atoms with Crippen LogP contribution in [0.25, 0.3) is 0 Å². The molecule has 0 radical (unpaired) electrons. The van der Waals surface area contributed by atoms with E-state index in [2.05, 4.69) is 55.6 Å². The minimum absolute atomic E-state index is 0.140. The minimum atomic E-state index is -1.56. The number of aliphatic hydroxyl groups excluding tert-OH is 5. The van der Waals surface area contributed by atoms with Crippen molar-refractivity contribution in [3.05, 3.63) is 36.5 Å². The first kappa shape index (κ1) is 67.4. The first-order valence-electron chi connectivity index (χ1n) is 30.7. The summed E-state index contributed by atoms with van der Waals surface area (Å²) >= 11 is 0. The second-order valence-electron chi connectivity index (χ2n) is 21.5. The van der Waals surface area contributed by atoms with Crippen LogP contribution < -0.4 is 5.32 Å². The highest BCUT2D eigenvalue weighted by molar-refractivity contribution is 5.76. The molecule has 1 aliphatic heterocycles. The van der Waals surface area contributed by atoms with Crippen molar-refractivity contribution in [3.63, 3.8) is 0 Å². The zero-order chi connectivity index (χ0) is 51.5. The number of hydrogen-bond donors (Lipinski definition) is 6. The Balaban J connectivity index is 2.19. The summed E-state index contributed by atoms with van der Waals surface area (Å²) < 4.78 is 11.3. The van der Waals surface area contributed by atoms with Crippen molar-refractivity contribution in [3.8, 4) is 0 Å². The first-order valence-corrected chi connectivity index (χ1v) is 30.7. The molecule has 1 aliphatic rings. The van der Waals surface area contributed by atoms with Gasteiger partial charge in [0.15, 0.2) is 6.29 Å². The number of ether oxygens (including phenoxy) is 2. The topological polar surface area (TPSA) is 149 Å². The molecular formula is C62H117NO8. The predicted octanol–water partition coefficient (Wildman–Crippen LogP) is 15.5. The lowest BCUT2D eigenvalue weighted by Crippen LogP contribution is -2.60. The third-order valence-electron chi connectivity index (χ3n) is 14.7.